The third kappa shape index (κ3) is 3.54. The lowest BCUT2D eigenvalue weighted by molar-refractivity contribution is -0.134. The Kier molecular flexibility index (Phi) is 4.83. The molecule has 0 radical (unpaired) electrons. The number of aromatic hydroxyl groups is 1. The number of phenolic OH excluding ortho intramolecular Hbond substituents is 1. The van der Waals surface area contributed by atoms with E-state index in [0.29, 0.717) is 31.7 Å². The first-order valence-electron chi connectivity index (χ1n) is 7.36. The average Bonchev–Trinajstić information content (AvgIpc) is 2.72. The minimum absolute atomic E-state index is 0.00172. The second-order valence-electron chi connectivity index (χ2n) is 5.64. The summed E-state index contributed by atoms with van der Waals surface area (Å²) in [6, 6.07) is 6.57. The normalized spacial score (nSPS) is 16.0. The molecule has 1 aliphatic heterocycles. The van der Waals surface area contributed by atoms with Crippen LogP contribution >= 0.6 is 0 Å². The number of carbonyl (C=O) groups excluding carboxylic acids is 2. The van der Waals surface area contributed by atoms with Crippen LogP contribution in [0.1, 0.15) is 30.6 Å². The van der Waals surface area contributed by atoms with Crippen molar-refractivity contribution in [3.05, 3.63) is 29.8 Å². The van der Waals surface area contributed by atoms with Crippen molar-refractivity contribution in [2.75, 3.05) is 26.2 Å². The molecule has 0 atom stereocenters. The van der Waals surface area contributed by atoms with Gasteiger partial charge in [0, 0.05) is 32.1 Å². The van der Waals surface area contributed by atoms with Crippen molar-refractivity contribution in [2.45, 2.75) is 20.3 Å². The van der Waals surface area contributed by atoms with E-state index in [9.17, 15) is 14.7 Å². The number of rotatable bonds is 2. The molecule has 2 amide bonds. The summed E-state index contributed by atoms with van der Waals surface area (Å²) in [6.07, 6.45) is 0.762. The Morgan fingerprint density at radius 3 is 2.33 bits per heavy atom. The molecule has 1 aromatic carbocycles. The summed E-state index contributed by atoms with van der Waals surface area (Å²) >= 11 is 0. The largest absolute Gasteiger partial charge is 0.507 e. The van der Waals surface area contributed by atoms with Crippen molar-refractivity contribution in [1.82, 2.24) is 9.80 Å². The molecule has 0 saturated carbocycles. The molecule has 1 aromatic rings. The number of hydrogen-bond donors (Lipinski definition) is 1. The SMILES string of the molecule is CC(C)C(=O)N1CCCN(C(=O)c2ccccc2O)CC1. The Bertz CT molecular complexity index is 528. The Labute approximate surface area is 125 Å². The van der Waals surface area contributed by atoms with Crippen molar-refractivity contribution in [3.63, 3.8) is 0 Å². The Hall–Kier alpha value is -2.04. The Morgan fingerprint density at radius 1 is 1.05 bits per heavy atom. The first kappa shape index (κ1) is 15.4. The molecule has 0 bridgehead atoms. The molecule has 1 aliphatic rings. The fourth-order valence-electron chi connectivity index (χ4n) is 2.53. The van der Waals surface area contributed by atoms with Gasteiger partial charge >= 0.3 is 0 Å². The van der Waals surface area contributed by atoms with Crippen LogP contribution in [0.5, 0.6) is 5.75 Å². The van der Waals surface area contributed by atoms with Crippen molar-refractivity contribution in [1.29, 1.82) is 0 Å². The summed E-state index contributed by atoms with van der Waals surface area (Å²) in [6.45, 7) is 6.12. The molecule has 0 aliphatic carbocycles. The zero-order valence-corrected chi connectivity index (χ0v) is 12.6. The van der Waals surface area contributed by atoms with E-state index in [1.807, 2.05) is 18.7 Å². The topological polar surface area (TPSA) is 60.9 Å². The molecule has 1 saturated heterocycles. The van der Waals surface area contributed by atoms with Gasteiger partial charge in [-0.2, -0.15) is 0 Å². The van der Waals surface area contributed by atoms with Crippen LogP contribution in [0, 0.1) is 5.92 Å². The number of phenols is 1. The maximum absolute atomic E-state index is 12.4. The molecule has 21 heavy (non-hydrogen) atoms. The lowest BCUT2D eigenvalue weighted by Crippen LogP contribution is -2.38. The molecule has 114 valence electrons. The highest BCUT2D eigenvalue weighted by Crippen LogP contribution is 2.19. The highest BCUT2D eigenvalue weighted by atomic mass is 16.3. The molecular formula is C16H22N2O3. The van der Waals surface area contributed by atoms with Gasteiger partial charge < -0.3 is 14.9 Å². The molecule has 0 spiro atoms. The maximum atomic E-state index is 12.4. The lowest BCUT2D eigenvalue weighted by Gasteiger charge is -2.23. The van der Waals surface area contributed by atoms with E-state index >= 15 is 0 Å². The van der Waals surface area contributed by atoms with Crippen LogP contribution in [0.15, 0.2) is 24.3 Å². The second kappa shape index (κ2) is 6.61. The number of carbonyl (C=O) groups is 2. The fraction of sp³-hybridized carbons (Fsp3) is 0.500. The molecule has 1 N–H and O–H groups in total. The number of nitrogens with zero attached hydrogens (tertiary/aromatic N) is 2. The van der Waals surface area contributed by atoms with Crippen LogP contribution in [0.2, 0.25) is 0 Å². The summed E-state index contributed by atoms with van der Waals surface area (Å²) in [5.74, 6) is -0.0638. The highest BCUT2D eigenvalue weighted by Gasteiger charge is 2.24. The van der Waals surface area contributed by atoms with Crippen LogP contribution in [0.3, 0.4) is 0 Å². The molecular weight excluding hydrogens is 268 g/mol. The first-order valence-corrected chi connectivity index (χ1v) is 7.36. The van der Waals surface area contributed by atoms with E-state index in [0.717, 1.165) is 6.42 Å². The number of benzene rings is 1. The summed E-state index contributed by atoms with van der Waals surface area (Å²) in [5, 5.41) is 9.78. The first-order chi connectivity index (χ1) is 10.0. The lowest BCUT2D eigenvalue weighted by atomic mass is 10.1. The van der Waals surface area contributed by atoms with Gasteiger partial charge in [0.25, 0.3) is 5.91 Å². The van der Waals surface area contributed by atoms with Crippen LogP contribution < -0.4 is 0 Å². The van der Waals surface area contributed by atoms with Gasteiger partial charge in [0.2, 0.25) is 5.91 Å². The van der Waals surface area contributed by atoms with E-state index in [2.05, 4.69) is 0 Å². The van der Waals surface area contributed by atoms with E-state index in [1.165, 1.54) is 6.07 Å². The Morgan fingerprint density at radius 2 is 1.67 bits per heavy atom. The average molecular weight is 290 g/mol. The highest BCUT2D eigenvalue weighted by molar-refractivity contribution is 5.96. The third-order valence-electron chi connectivity index (χ3n) is 3.72. The van der Waals surface area contributed by atoms with E-state index < -0.39 is 0 Å². The van der Waals surface area contributed by atoms with Gasteiger partial charge in [-0.1, -0.05) is 26.0 Å². The molecule has 1 heterocycles. The smallest absolute Gasteiger partial charge is 0.257 e. The summed E-state index contributed by atoms with van der Waals surface area (Å²) in [4.78, 5) is 28.0. The summed E-state index contributed by atoms with van der Waals surface area (Å²) < 4.78 is 0. The van der Waals surface area contributed by atoms with Gasteiger partial charge in [-0.05, 0) is 18.6 Å². The molecule has 1 fully saturated rings. The van der Waals surface area contributed by atoms with Crippen LogP contribution in [-0.4, -0.2) is 52.9 Å². The third-order valence-corrected chi connectivity index (χ3v) is 3.72. The van der Waals surface area contributed by atoms with Crippen molar-refractivity contribution < 1.29 is 14.7 Å². The fourth-order valence-corrected chi connectivity index (χ4v) is 2.53. The van der Waals surface area contributed by atoms with Crippen LogP contribution in [0.25, 0.3) is 0 Å². The van der Waals surface area contributed by atoms with E-state index in [-0.39, 0.29) is 23.5 Å². The number of para-hydroxylation sites is 1. The predicted octanol–water partition coefficient (Wildman–Crippen LogP) is 1.72. The van der Waals surface area contributed by atoms with Gasteiger partial charge in [0.15, 0.2) is 0 Å². The monoisotopic (exact) mass is 290 g/mol. The van der Waals surface area contributed by atoms with Gasteiger partial charge in [-0.15, -0.1) is 0 Å². The predicted molar refractivity (Wildman–Crippen MR) is 80.0 cm³/mol. The molecule has 2 rings (SSSR count). The zero-order valence-electron chi connectivity index (χ0n) is 12.6. The minimum Gasteiger partial charge on any atom is -0.507 e. The van der Waals surface area contributed by atoms with Gasteiger partial charge in [-0.3, -0.25) is 9.59 Å². The van der Waals surface area contributed by atoms with Crippen LogP contribution in [-0.2, 0) is 4.79 Å². The van der Waals surface area contributed by atoms with E-state index in [1.54, 1.807) is 23.1 Å². The number of amides is 2. The molecule has 0 unspecified atom stereocenters. The molecule has 5 heteroatoms. The Balaban J connectivity index is 2.05. The molecule has 5 nitrogen and oxygen atoms in total. The quantitative estimate of drug-likeness (QED) is 0.902. The van der Waals surface area contributed by atoms with Gasteiger partial charge in [0.05, 0.1) is 5.56 Å². The van der Waals surface area contributed by atoms with Gasteiger partial charge in [-0.25, -0.2) is 0 Å². The zero-order chi connectivity index (χ0) is 15.4. The summed E-state index contributed by atoms with van der Waals surface area (Å²) in [5.41, 5.74) is 0.320. The van der Waals surface area contributed by atoms with E-state index in [4.69, 9.17) is 0 Å². The van der Waals surface area contributed by atoms with Crippen LogP contribution in [0.4, 0.5) is 0 Å². The maximum Gasteiger partial charge on any atom is 0.257 e. The van der Waals surface area contributed by atoms with Crippen molar-refractivity contribution >= 4 is 11.8 Å². The van der Waals surface area contributed by atoms with Gasteiger partial charge in [0.1, 0.15) is 5.75 Å². The standard InChI is InChI=1S/C16H22N2O3/c1-12(2)15(20)17-8-5-9-18(11-10-17)16(21)13-6-3-4-7-14(13)19/h3-4,6-7,12,19H,5,8-11H2,1-2H3. The van der Waals surface area contributed by atoms with Crippen molar-refractivity contribution in [2.24, 2.45) is 5.92 Å². The molecule has 0 aromatic heterocycles. The minimum atomic E-state index is -0.174. The second-order valence-corrected chi connectivity index (χ2v) is 5.64. The van der Waals surface area contributed by atoms with Crippen molar-refractivity contribution in [3.8, 4) is 5.75 Å². The summed E-state index contributed by atoms with van der Waals surface area (Å²) in [7, 11) is 0. The number of hydrogen-bond acceptors (Lipinski definition) is 3.